The van der Waals surface area contributed by atoms with Gasteiger partial charge in [0.05, 0.1) is 25.1 Å². The van der Waals surface area contributed by atoms with Gasteiger partial charge in [-0.3, -0.25) is 0 Å². The van der Waals surface area contributed by atoms with E-state index in [1.807, 2.05) is 4.90 Å². The molecule has 0 aliphatic carbocycles. The number of carboxylic acids is 1. The average Bonchev–Trinajstić information content (AvgIpc) is 2.39. The Balaban J connectivity index is 2.73. The minimum atomic E-state index is -1.03. The molecule has 6 heteroatoms. The number of aromatic nitrogens is 1. The van der Waals surface area contributed by atoms with Crippen LogP contribution in [0.4, 0.5) is 5.69 Å². The largest absolute Gasteiger partial charge is 0.477 e. The topological polar surface area (TPSA) is 71.9 Å². The number of rotatable bonds is 8. The van der Waals surface area contributed by atoms with E-state index >= 15 is 0 Å². The molecule has 1 rings (SSSR count). The van der Waals surface area contributed by atoms with Gasteiger partial charge in [-0.15, -0.1) is 0 Å². The van der Waals surface area contributed by atoms with Crippen molar-refractivity contribution in [2.75, 3.05) is 45.4 Å². The minimum absolute atomic E-state index is 0.0391. The van der Waals surface area contributed by atoms with Gasteiger partial charge in [0.15, 0.2) is 0 Å². The predicted octanol–water partition coefficient (Wildman–Crippen LogP) is 0.879. The van der Waals surface area contributed by atoms with Gasteiger partial charge in [0.25, 0.3) is 0 Å². The first-order valence-corrected chi connectivity index (χ1v) is 5.61. The van der Waals surface area contributed by atoms with Gasteiger partial charge in [0, 0.05) is 27.3 Å². The normalized spacial score (nSPS) is 10.3. The number of carbonyl (C=O) groups is 1. The smallest absolute Gasteiger partial charge is 0.354 e. The maximum atomic E-state index is 10.7. The molecule has 6 nitrogen and oxygen atoms in total. The average molecular weight is 254 g/mol. The van der Waals surface area contributed by atoms with Crippen LogP contribution < -0.4 is 4.90 Å². The van der Waals surface area contributed by atoms with Crippen LogP contribution in [0.1, 0.15) is 10.5 Å². The third-order valence-corrected chi connectivity index (χ3v) is 2.46. The molecular weight excluding hydrogens is 236 g/mol. The molecule has 0 fully saturated rings. The molecule has 1 aromatic rings. The molecule has 0 saturated carbocycles. The molecule has 0 aliphatic rings. The zero-order chi connectivity index (χ0) is 13.4. The first-order chi connectivity index (χ1) is 8.69. The highest BCUT2D eigenvalue weighted by Crippen LogP contribution is 2.12. The van der Waals surface area contributed by atoms with Crippen molar-refractivity contribution >= 4 is 11.7 Å². The molecule has 100 valence electrons. The molecule has 0 aromatic carbocycles. The second-order valence-corrected chi connectivity index (χ2v) is 3.68. The van der Waals surface area contributed by atoms with Crippen LogP contribution in [-0.4, -0.2) is 56.6 Å². The third-order valence-electron chi connectivity index (χ3n) is 2.46. The van der Waals surface area contributed by atoms with Gasteiger partial charge in [-0.1, -0.05) is 0 Å². The van der Waals surface area contributed by atoms with Crippen molar-refractivity contribution in [3.05, 3.63) is 24.0 Å². The molecule has 1 heterocycles. The van der Waals surface area contributed by atoms with E-state index in [2.05, 4.69) is 4.98 Å². The van der Waals surface area contributed by atoms with Crippen molar-refractivity contribution in [1.82, 2.24) is 4.98 Å². The molecule has 0 bridgehead atoms. The van der Waals surface area contributed by atoms with Gasteiger partial charge in [-0.2, -0.15) is 0 Å². The van der Waals surface area contributed by atoms with Gasteiger partial charge >= 0.3 is 5.97 Å². The molecule has 1 N–H and O–H groups in total. The second kappa shape index (κ2) is 7.62. The number of hydrogen-bond acceptors (Lipinski definition) is 5. The van der Waals surface area contributed by atoms with E-state index in [0.717, 1.165) is 5.69 Å². The first-order valence-electron chi connectivity index (χ1n) is 5.61. The van der Waals surface area contributed by atoms with E-state index < -0.39 is 5.97 Å². The highest BCUT2D eigenvalue weighted by Gasteiger charge is 2.09. The maximum absolute atomic E-state index is 10.7. The lowest BCUT2D eigenvalue weighted by Crippen LogP contribution is -2.30. The summed E-state index contributed by atoms with van der Waals surface area (Å²) in [5, 5.41) is 8.78. The van der Waals surface area contributed by atoms with E-state index in [4.69, 9.17) is 14.6 Å². The summed E-state index contributed by atoms with van der Waals surface area (Å²) in [5.74, 6) is -1.03. The SMILES string of the molecule is COCCN(CCOC)c1ccc(C(=O)O)nc1. The summed E-state index contributed by atoms with van der Waals surface area (Å²) in [6.07, 6.45) is 1.55. The molecule has 0 amide bonds. The summed E-state index contributed by atoms with van der Waals surface area (Å²) < 4.78 is 10.1. The number of hydrogen-bond donors (Lipinski definition) is 1. The standard InChI is InChI=1S/C12H18N2O4/c1-17-7-5-14(6-8-18-2)10-3-4-11(12(15)16)13-9-10/h3-4,9H,5-8H2,1-2H3,(H,15,16). The number of pyridine rings is 1. The highest BCUT2D eigenvalue weighted by atomic mass is 16.5. The fourth-order valence-corrected chi connectivity index (χ4v) is 1.47. The zero-order valence-corrected chi connectivity index (χ0v) is 10.6. The van der Waals surface area contributed by atoms with Crippen LogP contribution in [0.25, 0.3) is 0 Å². The number of ether oxygens (including phenoxy) is 2. The predicted molar refractivity (Wildman–Crippen MR) is 67.2 cm³/mol. The molecule has 0 spiro atoms. The Morgan fingerprint density at radius 2 is 1.89 bits per heavy atom. The lowest BCUT2D eigenvalue weighted by atomic mass is 10.3. The van der Waals surface area contributed by atoms with Crippen LogP contribution >= 0.6 is 0 Å². The Bertz CT molecular complexity index is 359. The van der Waals surface area contributed by atoms with Crippen molar-refractivity contribution in [3.63, 3.8) is 0 Å². The number of carboxylic acid groups (broad SMARTS) is 1. The zero-order valence-electron chi connectivity index (χ0n) is 10.6. The summed E-state index contributed by atoms with van der Waals surface area (Å²) in [6.45, 7) is 2.58. The summed E-state index contributed by atoms with van der Waals surface area (Å²) >= 11 is 0. The monoisotopic (exact) mass is 254 g/mol. The lowest BCUT2D eigenvalue weighted by molar-refractivity contribution is 0.0690. The van der Waals surface area contributed by atoms with Crippen LogP contribution in [0.2, 0.25) is 0 Å². The summed E-state index contributed by atoms with van der Waals surface area (Å²) in [7, 11) is 3.28. The van der Waals surface area contributed by atoms with E-state index in [1.54, 1.807) is 26.5 Å². The third kappa shape index (κ3) is 4.31. The van der Waals surface area contributed by atoms with Crippen LogP contribution in [0, 0.1) is 0 Å². The van der Waals surface area contributed by atoms with Crippen molar-refractivity contribution in [2.45, 2.75) is 0 Å². The van der Waals surface area contributed by atoms with Crippen molar-refractivity contribution < 1.29 is 19.4 Å². The van der Waals surface area contributed by atoms with Crippen molar-refractivity contribution in [2.24, 2.45) is 0 Å². The van der Waals surface area contributed by atoms with Gasteiger partial charge in [0.2, 0.25) is 0 Å². The molecule has 0 unspecified atom stereocenters. The van der Waals surface area contributed by atoms with Crippen LogP contribution in [0.3, 0.4) is 0 Å². The molecule has 0 aliphatic heterocycles. The second-order valence-electron chi connectivity index (χ2n) is 3.68. The quantitative estimate of drug-likeness (QED) is 0.742. The van der Waals surface area contributed by atoms with E-state index in [9.17, 15) is 4.79 Å². The summed E-state index contributed by atoms with van der Waals surface area (Å²) in [5.41, 5.74) is 0.895. The first kappa shape index (κ1) is 14.4. The Morgan fingerprint density at radius 3 is 2.28 bits per heavy atom. The summed E-state index contributed by atoms with van der Waals surface area (Å²) in [6, 6.07) is 3.23. The molecule has 0 atom stereocenters. The van der Waals surface area contributed by atoms with Crippen molar-refractivity contribution in [1.29, 1.82) is 0 Å². The molecule has 0 saturated heterocycles. The molecule has 18 heavy (non-hydrogen) atoms. The van der Waals surface area contributed by atoms with Gasteiger partial charge < -0.3 is 19.5 Å². The van der Waals surface area contributed by atoms with Gasteiger partial charge in [-0.05, 0) is 12.1 Å². The molecular formula is C12H18N2O4. The summed E-state index contributed by atoms with van der Waals surface area (Å²) in [4.78, 5) is 16.6. The van der Waals surface area contributed by atoms with Crippen LogP contribution in [-0.2, 0) is 9.47 Å². The highest BCUT2D eigenvalue weighted by molar-refractivity contribution is 5.85. The fourth-order valence-electron chi connectivity index (χ4n) is 1.47. The molecule has 1 aromatic heterocycles. The van der Waals surface area contributed by atoms with Crippen molar-refractivity contribution in [3.8, 4) is 0 Å². The lowest BCUT2D eigenvalue weighted by Gasteiger charge is -2.23. The van der Waals surface area contributed by atoms with Crippen LogP contribution in [0.15, 0.2) is 18.3 Å². The Labute approximate surface area is 106 Å². The van der Waals surface area contributed by atoms with Crippen LogP contribution in [0.5, 0.6) is 0 Å². The number of methoxy groups -OCH3 is 2. The van der Waals surface area contributed by atoms with E-state index in [1.165, 1.54) is 6.07 Å². The Morgan fingerprint density at radius 1 is 1.28 bits per heavy atom. The molecule has 0 radical (unpaired) electrons. The minimum Gasteiger partial charge on any atom is -0.477 e. The number of aromatic carboxylic acids is 1. The number of anilines is 1. The van der Waals surface area contributed by atoms with E-state index in [0.29, 0.717) is 26.3 Å². The maximum Gasteiger partial charge on any atom is 0.354 e. The van der Waals surface area contributed by atoms with Gasteiger partial charge in [0.1, 0.15) is 5.69 Å². The Kier molecular flexibility index (Phi) is 6.10. The Hall–Kier alpha value is -1.66. The van der Waals surface area contributed by atoms with Gasteiger partial charge in [-0.25, -0.2) is 9.78 Å². The number of nitrogens with zero attached hydrogens (tertiary/aromatic N) is 2. The fraction of sp³-hybridized carbons (Fsp3) is 0.500. The van der Waals surface area contributed by atoms with E-state index in [-0.39, 0.29) is 5.69 Å².